The zero-order valence-corrected chi connectivity index (χ0v) is 12.4. The van der Waals surface area contributed by atoms with E-state index in [4.69, 9.17) is 11.6 Å². The Hall–Kier alpha value is -1.66. The Labute approximate surface area is 128 Å². The predicted molar refractivity (Wildman–Crippen MR) is 81.6 cm³/mol. The van der Waals surface area contributed by atoms with E-state index in [0.717, 1.165) is 19.4 Å². The van der Waals surface area contributed by atoms with Gasteiger partial charge in [0.05, 0.1) is 4.92 Å². The van der Waals surface area contributed by atoms with Gasteiger partial charge < -0.3 is 10.6 Å². The molecule has 2 N–H and O–H groups in total. The van der Waals surface area contributed by atoms with Crippen LogP contribution in [0.3, 0.4) is 0 Å². The molecule has 1 fully saturated rings. The first-order chi connectivity index (χ1) is 10.1. The number of amides is 1. The molecule has 1 heterocycles. The number of nitro groups is 1. The van der Waals surface area contributed by atoms with Gasteiger partial charge >= 0.3 is 0 Å². The number of carbonyl (C=O) groups excluding carboxylic acids is 1. The lowest BCUT2D eigenvalue weighted by molar-refractivity contribution is -0.383. The van der Waals surface area contributed by atoms with Crippen LogP contribution in [-0.2, 0) is 4.79 Å². The minimum Gasteiger partial charge on any atom is -0.320 e. The van der Waals surface area contributed by atoms with Crippen molar-refractivity contribution < 1.29 is 9.72 Å². The summed E-state index contributed by atoms with van der Waals surface area (Å²) in [5, 5.41) is 17.2. The van der Waals surface area contributed by atoms with E-state index in [1.807, 2.05) is 0 Å². The highest BCUT2D eigenvalue weighted by Gasteiger charge is 2.18. The van der Waals surface area contributed by atoms with Gasteiger partial charge in [-0.15, -0.1) is 0 Å². The van der Waals surface area contributed by atoms with Crippen LogP contribution >= 0.6 is 11.6 Å². The number of hydrogen-bond acceptors (Lipinski definition) is 4. The highest BCUT2D eigenvalue weighted by Crippen LogP contribution is 2.27. The summed E-state index contributed by atoms with van der Waals surface area (Å²) in [4.78, 5) is 22.3. The summed E-state index contributed by atoms with van der Waals surface area (Å²) in [7, 11) is 0. The van der Waals surface area contributed by atoms with Gasteiger partial charge in [-0.05, 0) is 37.9 Å². The van der Waals surface area contributed by atoms with Gasteiger partial charge in [0.25, 0.3) is 5.69 Å². The van der Waals surface area contributed by atoms with Gasteiger partial charge in [-0.3, -0.25) is 14.9 Å². The summed E-state index contributed by atoms with van der Waals surface area (Å²) in [6, 6.07) is 4.48. The summed E-state index contributed by atoms with van der Waals surface area (Å²) < 4.78 is 0. The number of piperidine rings is 1. The molecule has 1 aromatic rings. The van der Waals surface area contributed by atoms with E-state index in [1.165, 1.54) is 31.0 Å². The fourth-order valence-corrected chi connectivity index (χ4v) is 2.63. The van der Waals surface area contributed by atoms with E-state index in [9.17, 15) is 14.9 Å². The molecule has 7 heteroatoms. The average molecular weight is 312 g/mol. The number of halogens is 1. The third kappa shape index (κ3) is 4.68. The molecule has 114 valence electrons. The molecule has 1 aliphatic heterocycles. The highest BCUT2D eigenvalue weighted by atomic mass is 35.5. The predicted octanol–water partition coefficient (Wildman–Crippen LogP) is 3.11. The molecule has 0 saturated carbocycles. The van der Waals surface area contributed by atoms with Gasteiger partial charge in [-0.1, -0.05) is 18.0 Å². The second-order valence-electron chi connectivity index (χ2n) is 5.15. The molecule has 1 saturated heterocycles. The molecule has 1 atom stereocenters. The van der Waals surface area contributed by atoms with Crippen molar-refractivity contribution in [2.75, 3.05) is 11.9 Å². The first-order valence-electron chi connectivity index (χ1n) is 7.03. The van der Waals surface area contributed by atoms with Crippen molar-refractivity contribution in [1.82, 2.24) is 5.32 Å². The summed E-state index contributed by atoms with van der Waals surface area (Å²) in [5.74, 6) is -0.229. The molecular weight excluding hydrogens is 294 g/mol. The van der Waals surface area contributed by atoms with Crippen LogP contribution in [0.5, 0.6) is 0 Å². The highest BCUT2D eigenvalue weighted by molar-refractivity contribution is 6.31. The molecule has 0 aliphatic carbocycles. The van der Waals surface area contributed by atoms with Crippen molar-refractivity contribution in [3.8, 4) is 0 Å². The Bertz CT molecular complexity index is 530. The Morgan fingerprint density at radius 2 is 2.29 bits per heavy atom. The fraction of sp³-hybridized carbons (Fsp3) is 0.500. The van der Waals surface area contributed by atoms with Crippen LogP contribution in [0.2, 0.25) is 5.02 Å². The van der Waals surface area contributed by atoms with Crippen LogP contribution in [0.25, 0.3) is 0 Å². The number of nitro benzene ring substituents is 1. The van der Waals surface area contributed by atoms with Crippen molar-refractivity contribution in [3.63, 3.8) is 0 Å². The fourth-order valence-electron chi connectivity index (χ4n) is 2.46. The number of nitrogens with zero attached hydrogens (tertiary/aromatic N) is 1. The van der Waals surface area contributed by atoms with E-state index in [2.05, 4.69) is 10.6 Å². The lowest BCUT2D eigenvalue weighted by Crippen LogP contribution is -2.34. The quantitative estimate of drug-likeness (QED) is 0.646. The SMILES string of the molecule is O=C(CCC1CCCCN1)Nc1cc(Cl)ccc1[N+](=O)[O-]. The van der Waals surface area contributed by atoms with Crippen molar-refractivity contribution >= 4 is 28.9 Å². The van der Waals surface area contributed by atoms with Gasteiger partial charge in [0.1, 0.15) is 5.69 Å². The standard InChI is InChI=1S/C14H18ClN3O3/c15-10-4-6-13(18(20)21)12(9-10)17-14(19)7-5-11-3-1-2-8-16-11/h4,6,9,11,16H,1-3,5,7-8H2,(H,17,19). The molecule has 1 aromatic carbocycles. The first kappa shape index (κ1) is 15.7. The number of anilines is 1. The van der Waals surface area contributed by atoms with Gasteiger partial charge in [0.15, 0.2) is 0 Å². The molecule has 0 spiro atoms. The molecule has 6 nitrogen and oxygen atoms in total. The second kappa shape index (κ2) is 7.38. The molecule has 1 amide bonds. The summed E-state index contributed by atoms with van der Waals surface area (Å²) in [6.07, 6.45) is 4.50. The van der Waals surface area contributed by atoms with Crippen LogP contribution < -0.4 is 10.6 Å². The number of carbonyl (C=O) groups is 1. The van der Waals surface area contributed by atoms with Crippen molar-refractivity contribution in [1.29, 1.82) is 0 Å². The molecule has 0 bridgehead atoms. The Morgan fingerprint density at radius 3 is 2.95 bits per heavy atom. The monoisotopic (exact) mass is 311 g/mol. The van der Waals surface area contributed by atoms with E-state index in [1.54, 1.807) is 0 Å². The van der Waals surface area contributed by atoms with Crippen LogP contribution in [0, 0.1) is 10.1 Å². The van der Waals surface area contributed by atoms with Crippen LogP contribution in [0.15, 0.2) is 18.2 Å². The van der Waals surface area contributed by atoms with Crippen LogP contribution in [-0.4, -0.2) is 23.4 Å². The molecule has 1 aliphatic rings. The van der Waals surface area contributed by atoms with Crippen LogP contribution in [0.4, 0.5) is 11.4 Å². The van der Waals surface area contributed by atoms with Crippen LogP contribution in [0.1, 0.15) is 32.1 Å². The second-order valence-corrected chi connectivity index (χ2v) is 5.59. The maximum Gasteiger partial charge on any atom is 0.292 e. The molecule has 2 rings (SSSR count). The Balaban J connectivity index is 1.92. The van der Waals surface area contributed by atoms with E-state index >= 15 is 0 Å². The lowest BCUT2D eigenvalue weighted by Gasteiger charge is -2.23. The summed E-state index contributed by atoms with van der Waals surface area (Å²) in [6.45, 7) is 0.992. The third-order valence-corrected chi connectivity index (χ3v) is 3.80. The molecule has 21 heavy (non-hydrogen) atoms. The molecule has 1 unspecified atom stereocenters. The summed E-state index contributed by atoms with van der Waals surface area (Å²) >= 11 is 5.82. The minimum absolute atomic E-state index is 0.147. The average Bonchev–Trinajstić information content (AvgIpc) is 2.46. The van der Waals surface area contributed by atoms with E-state index in [-0.39, 0.29) is 17.3 Å². The first-order valence-corrected chi connectivity index (χ1v) is 7.41. The number of rotatable bonds is 5. The third-order valence-electron chi connectivity index (χ3n) is 3.56. The Kier molecular flexibility index (Phi) is 5.52. The van der Waals surface area contributed by atoms with Gasteiger partial charge in [0, 0.05) is 23.6 Å². The topological polar surface area (TPSA) is 84.3 Å². The molecule has 0 radical (unpaired) electrons. The van der Waals surface area contributed by atoms with Crippen molar-refractivity contribution in [2.24, 2.45) is 0 Å². The maximum absolute atomic E-state index is 11.9. The van der Waals surface area contributed by atoms with E-state index in [0.29, 0.717) is 17.5 Å². The number of benzene rings is 1. The smallest absolute Gasteiger partial charge is 0.292 e. The lowest BCUT2D eigenvalue weighted by atomic mass is 10.0. The van der Waals surface area contributed by atoms with Gasteiger partial charge in [0.2, 0.25) is 5.91 Å². The molecular formula is C14H18ClN3O3. The zero-order valence-electron chi connectivity index (χ0n) is 11.6. The zero-order chi connectivity index (χ0) is 15.2. The van der Waals surface area contributed by atoms with E-state index < -0.39 is 4.92 Å². The summed E-state index contributed by atoms with van der Waals surface area (Å²) in [5.41, 5.74) is -0.00218. The Morgan fingerprint density at radius 1 is 1.48 bits per heavy atom. The minimum atomic E-state index is -0.533. The maximum atomic E-state index is 11.9. The van der Waals surface area contributed by atoms with Crippen molar-refractivity contribution in [3.05, 3.63) is 33.3 Å². The number of nitrogens with one attached hydrogen (secondary N) is 2. The van der Waals surface area contributed by atoms with Crippen molar-refractivity contribution in [2.45, 2.75) is 38.1 Å². The largest absolute Gasteiger partial charge is 0.320 e. The number of hydrogen-bond donors (Lipinski definition) is 2. The normalized spacial score (nSPS) is 18.2. The van der Waals surface area contributed by atoms with Gasteiger partial charge in [-0.2, -0.15) is 0 Å². The van der Waals surface area contributed by atoms with Gasteiger partial charge in [-0.25, -0.2) is 0 Å². The molecule has 0 aromatic heterocycles.